The molecule has 0 aliphatic carbocycles. The Hall–Kier alpha value is -1.06. The van der Waals surface area contributed by atoms with Crippen LogP contribution < -0.4 is 5.32 Å². The molecule has 4 heteroatoms. The van der Waals surface area contributed by atoms with E-state index in [2.05, 4.69) is 5.32 Å². The van der Waals surface area contributed by atoms with Gasteiger partial charge in [-0.3, -0.25) is 4.79 Å². The van der Waals surface area contributed by atoms with Crippen molar-refractivity contribution in [2.45, 2.75) is 32.4 Å². The van der Waals surface area contributed by atoms with E-state index in [1.165, 1.54) is 6.42 Å². The molecule has 1 amide bonds. The van der Waals surface area contributed by atoms with E-state index in [0.717, 1.165) is 30.1 Å². The van der Waals surface area contributed by atoms with Crippen LogP contribution in [0.2, 0.25) is 5.02 Å². The first kappa shape index (κ1) is 13.4. The van der Waals surface area contributed by atoms with Crippen molar-refractivity contribution < 1.29 is 4.79 Å². The summed E-state index contributed by atoms with van der Waals surface area (Å²) in [5.41, 5.74) is 1.08. The lowest BCUT2D eigenvalue weighted by atomic mass is 10.1. The Morgan fingerprint density at radius 3 is 3.00 bits per heavy atom. The quantitative estimate of drug-likeness (QED) is 0.908. The lowest BCUT2D eigenvalue weighted by Crippen LogP contribution is -2.39. The normalized spacial score (nSPS) is 18.9. The van der Waals surface area contributed by atoms with Gasteiger partial charge in [0.25, 0.3) is 0 Å². The third kappa shape index (κ3) is 3.72. The summed E-state index contributed by atoms with van der Waals surface area (Å²) in [4.78, 5) is 13.6. The van der Waals surface area contributed by atoms with Crippen molar-refractivity contribution in [3.63, 3.8) is 0 Å². The molecule has 2 rings (SSSR count). The lowest BCUT2D eigenvalue weighted by molar-refractivity contribution is -0.129. The third-order valence-electron chi connectivity index (χ3n) is 3.31. The summed E-state index contributed by atoms with van der Waals surface area (Å²) in [7, 11) is 0. The Balaban J connectivity index is 1.99. The highest BCUT2D eigenvalue weighted by Gasteiger charge is 2.19. The molecule has 1 N–H and O–H groups in total. The fourth-order valence-electron chi connectivity index (χ4n) is 2.34. The molecule has 1 aliphatic heterocycles. The second kappa shape index (κ2) is 6.21. The average Bonchev–Trinajstić information content (AvgIpc) is 2.81. The number of benzene rings is 1. The highest BCUT2D eigenvalue weighted by molar-refractivity contribution is 6.30. The molecule has 1 aliphatic rings. The second-order valence-electron chi connectivity index (χ2n) is 4.82. The van der Waals surface area contributed by atoms with Gasteiger partial charge in [-0.25, -0.2) is 0 Å². The van der Waals surface area contributed by atoms with Gasteiger partial charge in [0.2, 0.25) is 5.91 Å². The molecule has 18 heavy (non-hydrogen) atoms. The first-order chi connectivity index (χ1) is 8.65. The molecule has 0 radical (unpaired) electrons. The van der Waals surface area contributed by atoms with Crippen LogP contribution in [0.1, 0.15) is 25.3 Å². The van der Waals surface area contributed by atoms with Crippen molar-refractivity contribution in [1.82, 2.24) is 10.2 Å². The molecule has 0 bridgehead atoms. The number of hydrogen-bond acceptors (Lipinski definition) is 2. The summed E-state index contributed by atoms with van der Waals surface area (Å²) in [5.74, 6) is 0.115. The van der Waals surface area contributed by atoms with E-state index in [9.17, 15) is 4.79 Å². The van der Waals surface area contributed by atoms with Crippen LogP contribution in [0.15, 0.2) is 24.3 Å². The summed E-state index contributed by atoms with van der Waals surface area (Å²) in [6.07, 6.45) is 2.35. The van der Waals surface area contributed by atoms with Gasteiger partial charge in [0.1, 0.15) is 0 Å². The van der Waals surface area contributed by atoms with Crippen LogP contribution in [-0.4, -0.2) is 29.9 Å². The largest absolute Gasteiger partial charge is 0.337 e. The van der Waals surface area contributed by atoms with Crippen molar-refractivity contribution in [3.8, 4) is 0 Å². The number of amides is 1. The Labute approximate surface area is 113 Å². The van der Waals surface area contributed by atoms with E-state index in [-0.39, 0.29) is 5.91 Å². The first-order valence-corrected chi connectivity index (χ1v) is 6.76. The zero-order valence-corrected chi connectivity index (χ0v) is 11.4. The molecule has 0 saturated carbocycles. The van der Waals surface area contributed by atoms with Gasteiger partial charge >= 0.3 is 0 Å². The summed E-state index contributed by atoms with van der Waals surface area (Å²) >= 11 is 5.96. The smallest absolute Gasteiger partial charge is 0.219 e. The van der Waals surface area contributed by atoms with Gasteiger partial charge in [-0.15, -0.1) is 0 Å². The van der Waals surface area contributed by atoms with Crippen LogP contribution in [0.3, 0.4) is 0 Å². The van der Waals surface area contributed by atoms with Crippen LogP contribution >= 0.6 is 11.6 Å². The van der Waals surface area contributed by atoms with Gasteiger partial charge in [0, 0.05) is 31.1 Å². The Kier molecular flexibility index (Phi) is 4.61. The summed E-state index contributed by atoms with van der Waals surface area (Å²) in [5, 5.41) is 4.14. The molecular weight excluding hydrogens is 248 g/mol. The van der Waals surface area contributed by atoms with Gasteiger partial charge in [-0.2, -0.15) is 0 Å². The molecule has 1 aromatic rings. The van der Waals surface area contributed by atoms with Crippen molar-refractivity contribution in [2.24, 2.45) is 0 Å². The van der Waals surface area contributed by atoms with E-state index in [4.69, 9.17) is 11.6 Å². The standard InChI is InChI=1S/C14H19ClN2O/c1-11(18)17(10-14-6-3-7-16-14)9-12-4-2-5-13(15)8-12/h2,4-5,8,14,16H,3,6-7,9-10H2,1H3/t14-/m0/s1. The molecular formula is C14H19ClN2O. The molecule has 1 fully saturated rings. The second-order valence-corrected chi connectivity index (χ2v) is 5.26. The minimum absolute atomic E-state index is 0.115. The number of rotatable bonds is 4. The van der Waals surface area contributed by atoms with Gasteiger partial charge in [0.15, 0.2) is 0 Å². The fraction of sp³-hybridized carbons (Fsp3) is 0.500. The molecule has 3 nitrogen and oxygen atoms in total. The minimum Gasteiger partial charge on any atom is -0.337 e. The van der Waals surface area contributed by atoms with E-state index < -0.39 is 0 Å². The molecule has 1 saturated heterocycles. The zero-order chi connectivity index (χ0) is 13.0. The molecule has 0 aromatic heterocycles. The van der Waals surface area contributed by atoms with E-state index in [1.54, 1.807) is 6.92 Å². The van der Waals surface area contributed by atoms with Gasteiger partial charge in [-0.05, 0) is 37.1 Å². The van der Waals surface area contributed by atoms with Crippen molar-refractivity contribution in [2.75, 3.05) is 13.1 Å². The Bertz CT molecular complexity index is 416. The SMILES string of the molecule is CC(=O)N(Cc1cccc(Cl)c1)C[C@@H]1CCCN1. The number of halogens is 1. The third-order valence-corrected chi connectivity index (χ3v) is 3.55. The first-order valence-electron chi connectivity index (χ1n) is 6.38. The summed E-state index contributed by atoms with van der Waals surface area (Å²) in [6, 6.07) is 8.13. The summed E-state index contributed by atoms with van der Waals surface area (Å²) < 4.78 is 0. The fourth-order valence-corrected chi connectivity index (χ4v) is 2.55. The van der Waals surface area contributed by atoms with Crippen LogP contribution in [0, 0.1) is 0 Å². The number of nitrogens with zero attached hydrogens (tertiary/aromatic N) is 1. The van der Waals surface area contributed by atoms with E-state index >= 15 is 0 Å². The molecule has 1 heterocycles. The van der Waals surface area contributed by atoms with Crippen molar-refractivity contribution in [3.05, 3.63) is 34.9 Å². The minimum atomic E-state index is 0.115. The van der Waals surface area contributed by atoms with Crippen molar-refractivity contribution >= 4 is 17.5 Å². The van der Waals surface area contributed by atoms with Crippen LogP contribution in [0.25, 0.3) is 0 Å². The van der Waals surface area contributed by atoms with Crippen LogP contribution in [0.5, 0.6) is 0 Å². The highest BCUT2D eigenvalue weighted by Crippen LogP contribution is 2.14. The average molecular weight is 267 g/mol. The van der Waals surface area contributed by atoms with E-state index in [0.29, 0.717) is 12.6 Å². The Morgan fingerprint density at radius 1 is 1.56 bits per heavy atom. The molecule has 1 atom stereocenters. The van der Waals surface area contributed by atoms with Gasteiger partial charge in [-0.1, -0.05) is 23.7 Å². The lowest BCUT2D eigenvalue weighted by Gasteiger charge is -2.24. The van der Waals surface area contributed by atoms with Crippen molar-refractivity contribution in [1.29, 1.82) is 0 Å². The zero-order valence-electron chi connectivity index (χ0n) is 10.7. The number of carbonyl (C=O) groups excluding carboxylic acids is 1. The van der Waals surface area contributed by atoms with Gasteiger partial charge in [0.05, 0.1) is 0 Å². The maximum Gasteiger partial charge on any atom is 0.219 e. The summed E-state index contributed by atoms with van der Waals surface area (Å²) in [6.45, 7) is 4.10. The maximum atomic E-state index is 11.7. The number of nitrogens with one attached hydrogen (secondary N) is 1. The number of hydrogen-bond donors (Lipinski definition) is 1. The van der Waals surface area contributed by atoms with Crippen LogP contribution in [0.4, 0.5) is 0 Å². The predicted octanol–water partition coefficient (Wildman–Crippen LogP) is 2.44. The molecule has 0 unspecified atom stereocenters. The molecule has 1 aromatic carbocycles. The Morgan fingerprint density at radius 2 is 2.39 bits per heavy atom. The van der Waals surface area contributed by atoms with E-state index in [1.807, 2.05) is 29.2 Å². The molecule has 0 spiro atoms. The molecule has 98 valence electrons. The van der Waals surface area contributed by atoms with Crippen LogP contribution in [-0.2, 0) is 11.3 Å². The highest BCUT2D eigenvalue weighted by atomic mass is 35.5. The predicted molar refractivity (Wildman–Crippen MR) is 73.6 cm³/mol. The maximum absolute atomic E-state index is 11.7. The monoisotopic (exact) mass is 266 g/mol. The van der Waals surface area contributed by atoms with Gasteiger partial charge < -0.3 is 10.2 Å². The topological polar surface area (TPSA) is 32.3 Å². The number of carbonyl (C=O) groups is 1.